The zero-order chi connectivity index (χ0) is 36.6. The van der Waals surface area contributed by atoms with E-state index in [1.165, 1.54) is 72.8 Å². The molecular weight excluding hydrogens is 870 g/mol. The quantitative estimate of drug-likeness (QED) is 0.0563. The Hall–Kier alpha value is -4.44. The number of ketones is 2. The molecule has 0 fully saturated rings. The molecule has 0 aliphatic rings. The Balaban J connectivity index is 2.17. The minimum Gasteiger partial charge on any atom is -0.480 e. The maximum atomic E-state index is 14.5. The van der Waals surface area contributed by atoms with E-state index in [1.54, 1.807) is 36.4 Å². The van der Waals surface area contributed by atoms with Gasteiger partial charge in [-0.25, -0.2) is 0 Å². The van der Waals surface area contributed by atoms with Crippen molar-refractivity contribution in [1.82, 2.24) is 0 Å². The first-order chi connectivity index (χ1) is 23.9. The van der Waals surface area contributed by atoms with Crippen LogP contribution in [0.15, 0.2) is 109 Å². The average Bonchev–Trinajstić information content (AvgIpc) is 3.12. The number of esters is 2. The van der Waals surface area contributed by atoms with Crippen LogP contribution in [0.3, 0.4) is 0 Å². The van der Waals surface area contributed by atoms with Crippen molar-refractivity contribution < 1.29 is 48.5 Å². The summed E-state index contributed by atoms with van der Waals surface area (Å²) in [5.41, 5.74) is -6.36. The number of benzene rings is 4. The van der Waals surface area contributed by atoms with Crippen LogP contribution in [0.2, 0.25) is 0 Å². The standard InChI is InChI=1S/C38H32I2O10/c1-49-35(47)38(36(48)50-2,30(24-11-7-4-8-12-24)22-32(42)26-15-19-28(40)20-16-26)37(33(43)44,34(45)46)29(23-9-5-3-6-10-23)21-31(41)25-13-17-27(39)18-14-25/h3-20,29-30H,21-22H2,1-2H3,(H,43,44)(H,45,46). The van der Waals surface area contributed by atoms with Gasteiger partial charge >= 0.3 is 23.9 Å². The zero-order valence-corrected chi connectivity index (χ0v) is 31.2. The van der Waals surface area contributed by atoms with Crippen LogP contribution in [0, 0.1) is 18.0 Å². The lowest BCUT2D eigenvalue weighted by Crippen LogP contribution is -2.67. The molecule has 4 aromatic carbocycles. The summed E-state index contributed by atoms with van der Waals surface area (Å²) in [6.45, 7) is 0. The molecule has 0 bridgehead atoms. The fourth-order valence-electron chi connectivity index (χ4n) is 6.58. The number of halogens is 2. The summed E-state index contributed by atoms with van der Waals surface area (Å²) in [6, 6.07) is 27.8. The van der Waals surface area contributed by atoms with E-state index in [2.05, 4.69) is 22.6 Å². The number of carboxylic acids is 2. The van der Waals surface area contributed by atoms with Gasteiger partial charge in [-0.1, -0.05) is 84.9 Å². The van der Waals surface area contributed by atoms with Crippen molar-refractivity contribution in [2.75, 3.05) is 14.2 Å². The van der Waals surface area contributed by atoms with Gasteiger partial charge in [-0.05, 0) is 80.6 Å². The van der Waals surface area contributed by atoms with E-state index in [4.69, 9.17) is 9.47 Å². The van der Waals surface area contributed by atoms with Gasteiger partial charge in [-0.3, -0.25) is 28.8 Å². The maximum absolute atomic E-state index is 14.5. The van der Waals surface area contributed by atoms with Crippen molar-refractivity contribution in [3.05, 3.63) is 139 Å². The fraction of sp³-hybridized carbons (Fsp3) is 0.211. The zero-order valence-electron chi connectivity index (χ0n) is 26.9. The summed E-state index contributed by atoms with van der Waals surface area (Å²) in [5, 5.41) is 22.7. The summed E-state index contributed by atoms with van der Waals surface area (Å²) >= 11 is 4.10. The van der Waals surface area contributed by atoms with Gasteiger partial charge in [0.05, 0.1) is 14.2 Å². The molecule has 4 rings (SSSR count). The van der Waals surface area contributed by atoms with Gasteiger partial charge in [-0.2, -0.15) is 0 Å². The predicted molar refractivity (Wildman–Crippen MR) is 199 cm³/mol. The molecule has 2 unspecified atom stereocenters. The van der Waals surface area contributed by atoms with Gasteiger partial charge < -0.3 is 19.7 Å². The molecule has 50 heavy (non-hydrogen) atoms. The number of aliphatic carboxylic acids is 2. The average molecular weight is 902 g/mol. The van der Waals surface area contributed by atoms with E-state index in [1.807, 2.05) is 22.6 Å². The molecule has 0 radical (unpaired) electrons. The molecule has 0 saturated heterocycles. The molecule has 0 saturated carbocycles. The first-order valence-electron chi connectivity index (χ1n) is 15.2. The third kappa shape index (κ3) is 7.22. The second-order valence-electron chi connectivity index (χ2n) is 11.4. The topological polar surface area (TPSA) is 161 Å². The van der Waals surface area contributed by atoms with Crippen molar-refractivity contribution >= 4 is 80.6 Å². The summed E-state index contributed by atoms with van der Waals surface area (Å²) < 4.78 is 12.0. The second-order valence-corrected chi connectivity index (χ2v) is 13.9. The van der Waals surface area contributed by atoms with Gasteiger partial charge in [0.1, 0.15) is 0 Å². The molecular formula is C38H32I2O10. The van der Waals surface area contributed by atoms with Crippen LogP contribution in [-0.2, 0) is 28.7 Å². The van der Waals surface area contributed by atoms with Crippen molar-refractivity contribution in [3.8, 4) is 0 Å². The van der Waals surface area contributed by atoms with Gasteiger partial charge in [-0.15, -0.1) is 0 Å². The number of methoxy groups -OCH3 is 2. The second kappa shape index (κ2) is 16.5. The molecule has 12 heteroatoms. The normalized spacial score (nSPS) is 12.6. The minimum atomic E-state index is -3.50. The van der Waals surface area contributed by atoms with E-state index in [9.17, 15) is 39.0 Å². The lowest BCUT2D eigenvalue weighted by atomic mass is 9.48. The first kappa shape index (κ1) is 38.4. The third-order valence-corrected chi connectivity index (χ3v) is 10.3. The monoisotopic (exact) mass is 902 g/mol. The molecule has 10 nitrogen and oxygen atoms in total. The number of rotatable bonds is 15. The molecule has 0 aromatic heterocycles. The Kier molecular flexibility index (Phi) is 12.7. The van der Waals surface area contributed by atoms with E-state index < -0.39 is 71.0 Å². The van der Waals surface area contributed by atoms with Crippen LogP contribution in [-0.4, -0.2) is 59.9 Å². The highest BCUT2D eigenvalue weighted by Crippen LogP contribution is 2.60. The molecule has 0 amide bonds. The number of carbonyl (C=O) groups is 6. The van der Waals surface area contributed by atoms with Crippen molar-refractivity contribution in [3.63, 3.8) is 0 Å². The number of hydrogen-bond acceptors (Lipinski definition) is 8. The van der Waals surface area contributed by atoms with Crippen LogP contribution >= 0.6 is 45.2 Å². The molecule has 4 aromatic rings. The van der Waals surface area contributed by atoms with Crippen LogP contribution in [0.4, 0.5) is 0 Å². The Morgan fingerprint density at radius 3 is 1.16 bits per heavy atom. The highest BCUT2D eigenvalue weighted by atomic mass is 127. The van der Waals surface area contributed by atoms with Crippen LogP contribution in [0.25, 0.3) is 0 Å². The number of ether oxygens (including phenoxy) is 2. The summed E-state index contributed by atoms with van der Waals surface area (Å²) in [7, 11) is 1.76. The highest BCUT2D eigenvalue weighted by molar-refractivity contribution is 14.1. The first-order valence-corrected chi connectivity index (χ1v) is 17.3. The van der Waals surface area contributed by atoms with Gasteiger partial charge in [0.25, 0.3) is 0 Å². The van der Waals surface area contributed by atoms with E-state index >= 15 is 0 Å². The van der Waals surface area contributed by atoms with Gasteiger partial charge in [0.15, 0.2) is 22.4 Å². The Bertz CT molecular complexity index is 1840. The summed E-state index contributed by atoms with van der Waals surface area (Å²) in [4.78, 5) is 85.3. The number of carbonyl (C=O) groups excluding carboxylic acids is 4. The fourth-order valence-corrected chi connectivity index (χ4v) is 7.30. The number of hydrogen-bond donors (Lipinski definition) is 2. The van der Waals surface area contributed by atoms with Crippen molar-refractivity contribution in [2.24, 2.45) is 10.8 Å². The smallest absolute Gasteiger partial charge is 0.325 e. The largest absolute Gasteiger partial charge is 0.480 e. The number of carboxylic acid groups (broad SMARTS) is 2. The summed E-state index contributed by atoms with van der Waals surface area (Å²) in [5.74, 6) is -12.3. The Labute approximate surface area is 315 Å². The Morgan fingerprint density at radius 2 is 0.860 bits per heavy atom. The van der Waals surface area contributed by atoms with E-state index in [0.29, 0.717) is 0 Å². The minimum absolute atomic E-state index is 0.0316. The third-order valence-electron chi connectivity index (χ3n) is 8.87. The van der Waals surface area contributed by atoms with E-state index in [-0.39, 0.29) is 22.3 Å². The SMILES string of the molecule is COC(=O)C(C(=O)OC)(C(CC(=O)c1ccc(I)cc1)c1ccccc1)C(C(=O)O)(C(=O)O)C(CC(=O)c1ccc(I)cc1)c1ccccc1. The van der Waals surface area contributed by atoms with Gasteiger partial charge in [0, 0.05) is 42.9 Å². The van der Waals surface area contributed by atoms with Crippen LogP contribution in [0.5, 0.6) is 0 Å². The highest BCUT2D eigenvalue weighted by Gasteiger charge is 2.78. The maximum Gasteiger partial charge on any atom is 0.325 e. The lowest BCUT2D eigenvalue weighted by Gasteiger charge is -2.48. The Morgan fingerprint density at radius 1 is 0.540 bits per heavy atom. The molecule has 2 atom stereocenters. The number of Topliss-reactive ketones (excluding diaryl/α,β-unsaturated/α-hetero) is 2. The lowest BCUT2D eigenvalue weighted by molar-refractivity contribution is -0.203. The molecule has 0 heterocycles. The molecule has 258 valence electrons. The predicted octanol–water partition coefficient (Wildman–Crippen LogP) is 6.80. The van der Waals surface area contributed by atoms with Crippen molar-refractivity contribution in [2.45, 2.75) is 24.7 Å². The van der Waals surface area contributed by atoms with Crippen LogP contribution < -0.4 is 0 Å². The molecule has 0 spiro atoms. The van der Waals surface area contributed by atoms with E-state index in [0.717, 1.165) is 21.4 Å². The molecule has 0 aliphatic carbocycles. The van der Waals surface area contributed by atoms with Gasteiger partial charge in [0.2, 0.25) is 0 Å². The molecule has 0 aliphatic heterocycles. The summed E-state index contributed by atoms with van der Waals surface area (Å²) in [6.07, 6.45) is -1.49. The van der Waals surface area contributed by atoms with Crippen LogP contribution in [0.1, 0.15) is 56.5 Å². The van der Waals surface area contributed by atoms with Crippen molar-refractivity contribution in [1.29, 1.82) is 0 Å². The molecule has 2 N–H and O–H groups in total.